The average Bonchev–Trinajstić information content (AvgIpc) is 3.01. The number of aromatic amines is 1. The Balaban J connectivity index is 2.29. The number of benzene rings is 1. The highest BCUT2D eigenvalue weighted by atomic mass is 19.4. The van der Waals surface area contributed by atoms with Crippen LogP contribution in [0.1, 0.15) is 16.1 Å². The van der Waals surface area contributed by atoms with Gasteiger partial charge in [0.15, 0.2) is 5.69 Å². The van der Waals surface area contributed by atoms with Crippen LogP contribution < -0.4 is 4.74 Å². The average molecular weight is 337 g/mol. The molecule has 2 heterocycles. The lowest BCUT2D eigenvalue weighted by Gasteiger charge is -2.13. The standard InChI is InChI=1S/C15H10F3N3O3/c1-24-13-8(2-3-11(20-13)14(22)23)9-4-7(15(16,17)18)5-12-10(9)6-19-21-12/h2-6H,1H3,(H,19,21)(H,22,23). The maximum Gasteiger partial charge on any atom is 0.416 e. The van der Waals surface area contributed by atoms with E-state index in [1.54, 1.807) is 0 Å². The molecule has 0 spiro atoms. The summed E-state index contributed by atoms with van der Waals surface area (Å²) in [4.78, 5) is 14.8. The Labute approximate surface area is 132 Å². The summed E-state index contributed by atoms with van der Waals surface area (Å²) in [6.07, 6.45) is -3.16. The second kappa shape index (κ2) is 5.52. The van der Waals surface area contributed by atoms with Gasteiger partial charge >= 0.3 is 12.1 Å². The van der Waals surface area contributed by atoms with Crippen molar-refractivity contribution < 1.29 is 27.8 Å². The lowest BCUT2D eigenvalue weighted by molar-refractivity contribution is -0.137. The van der Waals surface area contributed by atoms with Gasteiger partial charge in [0, 0.05) is 10.9 Å². The molecule has 9 heteroatoms. The quantitative estimate of drug-likeness (QED) is 0.765. The predicted octanol–water partition coefficient (Wildman–Crippen LogP) is 3.35. The van der Waals surface area contributed by atoms with Crippen molar-refractivity contribution >= 4 is 16.9 Å². The number of carboxylic acids is 1. The molecule has 0 aliphatic carbocycles. The van der Waals surface area contributed by atoms with Crippen LogP contribution >= 0.6 is 0 Å². The van der Waals surface area contributed by atoms with E-state index < -0.39 is 17.7 Å². The number of aromatic nitrogens is 3. The number of carboxylic acid groups (broad SMARTS) is 1. The first-order chi connectivity index (χ1) is 11.3. The number of rotatable bonds is 3. The lowest BCUT2D eigenvalue weighted by atomic mass is 9.99. The number of carbonyl (C=O) groups is 1. The molecule has 0 saturated carbocycles. The second-order valence-electron chi connectivity index (χ2n) is 4.91. The summed E-state index contributed by atoms with van der Waals surface area (Å²) in [5.74, 6) is -1.35. The Morgan fingerprint density at radius 1 is 1.25 bits per heavy atom. The van der Waals surface area contributed by atoms with E-state index in [4.69, 9.17) is 9.84 Å². The molecule has 0 amide bonds. The number of H-pyrrole nitrogens is 1. The van der Waals surface area contributed by atoms with Gasteiger partial charge in [0.05, 0.1) is 24.4 Å². The number of aromatic carboxylic acids is 1. The molecular weight excluding hydrogens is 327 g/mol. The third-order valence-corrected chi connectivity index (χ3v) is 3.45. The highest BCUT2D eigenvalue weighted by Crippen LogP contribution is 2.39. The number of ether oxygens (including phenoxy) is 1. The summed E-state index contributed by atoms with van der Waals surface area (Å²) in [7, 11) is 1.26. The van der Waals surface area contributed by atoms with Crippen molar-refractivity contribution in [1.29, 1.82) is 0 Å². The number of nitrogens with zero attached hydrogens (tertiary/aromatic N) is 2. The fraction of sp³-hybridized carbons (Fsp3) is 0.133. The first-order valence-electron chi connectivity index (χ1n) is 6.64. The van der Waals surface area contributed by atoms with E-state index in [1.807, 2.05) is 0 Å². The molecule has 0 saturated heterocycles. The minimum absolute atomic E-state index is 0.0864. The normalized spacial score (nSPS) is 11.7. The summed E-state index contributed by atoms with van der Waals surface area (Å²) in [5, 5.41) is 15.7. The van der Waals surface area contributed by atoms with Crippen molar-refractivity contribution in [3.05, 3.63) is 41.7 Å². The Hall–Kier alpha value is -3.10. The molecule has 0 fully saturated rings. The van der Waals surface area contributed by atoms with Crippen LogP contribution in [0.4, 0.5) is 13.2 Å². The van der Waals surface area contributed by atoms with Crippen LogP contribution in [0.5, 0.6) is 5.88 Å². The Morgan fingerprint density at radius 2 is 2.00 bits per heavy atom. The number of alkyl halides is 3. The van der Waals surface area contributed by atoms with E-state index in [2.05, 4.69) is 15.2 Å². The fourth-order valence-corrected chi connectivity index (χ4v) is 2.36. The van der Waals surface area contributed by atoms with E-state index in [1.165, 1.54) is 25.4 Å². The topological polar surface area (TPSA) is 88.1 Å². The van der Waals surface area contributed by atoms with Crippen molar-refractivity contribution in [1.82, 2.24) is 15.2 Å². The van der Waals surface area contributed by atoms with Crippen molar-refractivity contribution in [3.8, 4) is 17.0 Å². The van der Waals surface area contributed by atoms with Crippen molar-refractivity contribution in [2.24, 2.45) is 0 Å². The monoisotopic (exact) mass is 337 g/mol. The molecule has 0 aliphatic rings. The predicted molar refractivity (Wildman–Crippen MR) is 77.8 cm³/mol. The van der Waals surface area contributed by atoms with Crippen LogP contribution in [0, 0.1) is 0 Å². The second-order valence-corrected chi connectivity index (χ2v) is 4.91. The van der Waals surface area contributed by atoms with Crippen molar-refractivity contribution in [2.75, 3.05) is 7.11 Å². The SMILES string of the molecule is COc1nc(C(=O)O)ccc1-c1cc(C(F)(F)F)cc2[nH]ncc12. The minimum Gasteiger partial charge on any atom is -0.481 e. The maximum absolute atomic E-state index is 13.1. The summed E-state index contributed by atoms with van der Waals surface area (Å²) < 4.78 is 44.4. The molecular formula is C15H10F3N3O3. The van der Waals surface area contributed by atoms with E-state index in [0.29, 0.717) is 5.39 Å². The van der Waals surface area contributed by atoms with E-state index >= 15 is 0 Å². The molecule has 0 aliphatic heterocycles. The smallest absolute Gasteiger partial charge is 0.416 e. The first-order valence-corrected chi connectivity index (χ1v) is 6.64. The van der Waals surface area contributed by atoms with Gasteiger partial charge < -0.3 is 9.84 Å². The van der Waals surface area contributed by atoms with Crippen LogP contribution in [0.3, 0.4) is 0 Å². The van der Waals surface area contributed by atoms with E-state index in [9.17, 15) is 18.0 Å². The zero-order chi connectivity index (χ0) is 17.5. The van der Waals surface area contributed by atoms with Crippen LogP contribution in [0.15, 0.2) is 30.5 Å². The minimum atomic E-state index is -4.55. The highest BCUT2D eigenvalue weighted by Gasteiger charge is 2.32. The molecule has 3 rings (SSSR count). The van der Waals surface area contributed by atoms with Crippen LogP contribution in [0.2, 0.25) is 0 Å². The van der Waals surface area contributed by atoms with Crippen molar-refractivity contribution in [3.63, 3.8) is 0 Å². The number of hydrogen-bond acceptors (Lipinski definition) is 4. The molecule has 2 aromatic heterocycles. The number of fused-ring (bicyclic) bond motifs is 1. The van der Waals surface area contributed by atoms with Crippen molar-refractivity contribution in [2.45, 2.75) is 6.18 Å². The fourth-order valence-electron chi connectivity index (χ4n) is 2.36. The molecule has 0 bridgehead atoms. The molecule has 1 aromatic carbocycles. The molecule has 6 nitrogen and oxygen atoms in total. The zero-order valence-corrected chi connectivity index (χ0v) is 12.2. The van der Waals surface area contributed by atoms with Gasteiger partial charge in [-0.1, -0.05) is 0 Å². The van der Waals surface area contributed by atoms with E-state index in [0.717, 1.165) is 12.1 Å². The molecule has 124 valence electrons. The zero-order valence-electron chi connectivity index (χ0n) is 12.2. The number of hydrogen-bond donors (Lipinski definition) is 2. The van der Waals surface area contributed by atoms with E-state index in [-0.39, 0.29) is 28.2 Å². The van der Waals surface area contributed by atoms with Gasteiger partial charge in [-0.2, -0.15) is 18.3 Å². The molecule has 24 heavy (non-hydrogen) atoms. The molecule has 3 aromatic rings. The van der Waals surface area contributed by atoms with Crippen LogP contribution in [-0.2, 0) is 6.18 Å². The number of halogens is 3. The Morgan fingerprint density at radius 3 is 2.62 bits per heavy atom. The lowest BCUT2D eigenvalue weighted by Crippen LogP contribution is -2.06. The molecule has 0 unspecified atom stereocenters. The number of nitrogens with one attached hydrogen (secondary N) is 1. The third kappa shape index (κ3) is 2.64. The van der Waals surface area contributed by atoms with Gasteiger partial charge in [0.25, 0.3) is 0 Å². The van der Waals surface area contributed by atoms with Gasteiger partial charge in [0.1, 0.15) is 0 Å². The Kier molecular flexibility index (Phi) is 3.63. The summed E-state index contributed by atoms with van der Waals surface area (Å²) in [6, 6.07) is 4.47. The van der Waals surface area contributed by atoms with Gasteiger partial charge in [-0.25, -0.2) is 9.78 Å². The largest absolute Gasteiger partial charge is 0.481 e. The summed E-state index contributed by atoms with van der Waals surface area (Å²) in [5.41, 5.74) is -0.510. The number of methoxy groups -OCH3 is 1. The number of pyridine rings is 1. The van der Waals surface area contributed by atoms with Gasteiger partial charge in [-0.05, 0) is 29.8 Å². The third-order valence-electron chi connectivity index (χ3n) is 3.45. The highest BCUT2D eigenvalue weighted by molar-refractivity contribution is 5.97. The first kappa shape index (κ1) is 15.8. The Bertz CT molecular complexity index is 935. The molecule has 2 N–H and O–H groups in total. The molecule has 0 radical (unpaired) electrons. The van der Waals surface area contributed by atoms with Gasteiger partial charge in [-0.3, -0.25) is 5.10 Å². The maximum atomic E-state index is 13.1. The summed E-state index contributed by atoms with van der Waals surface area (Å²) >= 11 is 0. The molecule has 0 atom stereocenters. The van der Waals surface area contributed by atoms with Gasteiger partial charge in [0.2, 0.25) is 5.88 Å². The van der Waals surface area contributed by atoms with Crippen LogP contribution in [-0.4, -0.2) is 33.4 Å². The summed E-state index contributed by atoms with van der Waals surface area (Å²) in [6.45, 7) is 0. The van der Waals surface area contributed by atoms with Gasteiger partial charge in [-0.15, -0.1) is 0 Å². The van der Waals surface area contributed by atoms with Crippen LogP contribution in [0.25, 0.3) is 22.0 Å².